The van der Waals surface area contributed by atoms with Gasteiger partial charge in [-0.05, 0) is 31.9 Å². The van der Waals surface area contributed by atoms with Crippen LogP contribution in [0.15, 0.2) is 24.3 Å². The van der Waals surface area contributed by atoms with E-state index >= 15 is 0 Å². The lowest BCUT2D eigenvalue weighted by molar-refractivity contribution is -0.128. The van der Waals surface area contributed by atoms with E-state index in [9.17, 15) is 9.59 Å². The SMILES string of the molecule is Cc1ccc(NC(=O)CCCCCNC(=O)C(C)(C)C)cc1. The number of carbonyl (C=O) groups is 2. The second kappa shape index (κ2) is 8.57. The Bertz CT molecular complexity index is 487. The minimum absolute atomic E-state index is 0.0441. The van der Waals surface area contributed by atoms with Crippen molar-refractivity contribution in [2.75, 3.05) is 11.9 Å². The minimum Gasteiger partial charge on any atom is -0.356 e. The molecule has 0 saturated heterocycles. The van der Waals surface area contributed by atoms with E-state index in [4.69, 9.17) is 0 Å². The van der Waals surface area contributed by atoms with Crippen molar-refractivity contribution in [3.05, 3.63) is 29.8 Å². The molecule has 4 nitrogen and oxygen atoms in total. The Morgan fingerprint density at radius 1 is 1.00 bits per heavy atom. The van der Waals surface area contributed by atoms with Gasteiger partial charge in [-0.1, -0.05) is 44.9 Å². The fourth-order valence-electron chi connectivity index (χ4n) is 1.91. The Morgan fingerprint density at radius 2 is 1.64 bits per heavy atom. The summed E-state index contributed by atoms with van der Waals surface area (Å²) in [5.74, 6) is 0.118. The number of hydrogen-bond donors (Lipinski definition) is 2. The lowest BCUT2D eigenvalue weighted by Crippen LogP contribution is -2.35. The first-order valence-corrected chi connectivity index (χ1v) is 7.94. The van der Waals surface area contributed by atoms with Gasteiger partial charge in [-0.2, -0.15) is 0 Å². The van der Waals surface area contributed by atoms with Crippen LogP contribution < -0.4 is 10.6 Å². The molecule has 0 aliphatic heterocycles. The molecule has 0 heterocycles. The van der Waals surface area contributed by atoms with Crippen LogP contribution >= 0.6 is 0 Å². The van der Waals surface area contributed by atoms with Gasteiger partial charge in [-0.15, -0.1) is 0 Å². The van der Waals surface area contributed by atoms with E-state index in [0.717, 1.165) is 24.9 Å². The number of hydrogen-bond acceptors (Lipinski definition) is 2. The average Bonchev–Trinajstić information content (AvgIpc) is 2.44. The number of rotatable bonds is 7. The number of benzene rings is 1. The molecule has 2 N–H and O–H groups in total. The van der Waals surface area contributed by atoms with Crippen LogP contribution in [0, 0.1) is 12.3 Å². The molecule has 0 aliphatic carbocycles. The van der Waals surface area contributed by atoms with E-state index in [1.54, 1.807) is 0 Å². The summed E-state index contributed by atoms with van der Waals surface area (Å²) in [7, 11) is 0. The Hall–Kier alpha value is -1.84. The van der Waals surface area contributed by atoms with Gasteiger partial charge < -0.3 is 10.6 Å². The fourth-order valence-corrected chi connectivity index (χ4v) is 1.91. The number of aryl methyl sites for hydroxylation is 1. The highest BCUT2D eigenvalue weighted by Crippen LogP contribution is 2.12. The van der Waals surface area contributed by atoms with Crippen LogP contribution in [0.25, 0.3) is 0 Å². The van der Waals surface area contributed by atoms with Crippen LogP contribution in [-0.2, 0) is 9.59 Å². The lowest BCUT2D eigenvalue weighted by atomic mass is 9.96. The molecule has 0 aliphatic rings. The van der Waals surface area contributed by atoms with Gasteiger partial charge in [-0.25, -0.2) is 0 Å². The van der Waals surface area contributed by atoms with E-state index < -0.39 is 0 Å². The second-order valence-corrected chi connectivity index (χ2v) is 6.73. The summed E-state index contributed by atoms with van der Waals surface area (Å²) in [5.41, 5.74) is 1.68. The third kappa shape index (κ3) is 7.25. The van der Waals surface area contributed by atoms with Gasteiger partial charge in [-0.3, -0.25) is 9.59 Å². The van der Waals surface area contributed by atoms with Crippen LogP contribution in [0.3, 0.4) is 0 Å². The number of unbranched alkanes of at least 4 members (excludes halogenated alkanes) is 2. The van der Waals surface area contributed by atoms with Crippen molar-refractivity contribution in [3.8, 4) is 0 Å². The predicted molar refractivity (Wildman–Crippen MR) is 90.7 cm³/mol. The Kier molecular flexibility index (Phi) is 7.09. The maximum atomic E-state index is 11.8. The molecule has 0 aromatic heterocycles. The van der Waals surface area contributed by atoms with Gasteiger partial charge >= 0.3 is 0 Å². The monoisotopic (exact) mass is 304 g/mol. The largest absolute Gasteiger partial charge is 0.356 e. The van der Waals surface area contributed by atoms with E-state index in [0.29, 0.717) is 13.0 Å². The van der Waals surface area contributed by atoms with Gasteiger partial charge in [0.15, 0.2) is 0 Å². The average molecular weight is 304 g/mol. The van der Waals surface area contributed by atoms with Crippen LogP contribution in [0.2, 0.25) is 0 Å². The van der Waals surface area contributed by atoms with Gasteiger partial charge in [0.2, 0.25) is 11.8 Å². The van der Waals surface area contributed by atoms with Crippen LogP contribution in [-0.4, -0.2) is 18.4 Å². The summed E-state index contributed by atoms with van der Waals surface area (Å²) in [5, 5.41) is 5.81. The maximum Gasteiger partial charge on any atom is 0.225 e. The molecule has 0 spiro atoms. The predicted octanol–water partition coefficient (Wildman–Crippen LogP) is 3.66. The first-order valence-electron chi connectivity index (χ1n) is 7.94. The Labute approximate surface area is 133 Å². The quantitative estimate of drug-likeness (QED) is 0.755. The summed E-state index contributed by atoms with van der Waals surface area (Å²) in [6.45, 7) is 8.40. The van der Waals surface area contributed by atoms with E-state index in [-0.39, 0.29) is 17.2 Å². The third-order valence-corrected chi connectivity index (χ3v) is 3.38. The summed E-state index contributed by atoms with van der Waals surface area (Å²) in [4.78, 5) is 23.4. The van der Waals surface area contributed by atoms with Crippen LogP contribution in [0.5, 0.6) is 0 Å². The summed E-state index contributed by atoms with van der Waals surface area (Å²) in [6, 6.07) is 7.78. The molecule has 2 amide bonds. The normalized spacial score (nSPS) is 11.1. The molecule has 0 saturated carbocycles. The van der Waals surface area contributed by atoms with Gasteiger partial charge in [0.1, 0.15) is 0 Å². The zero-order valence-electron chi connectivity index (χ0n) is 14.2. The molecular formula is C18H28N2O2. The van der Waals surface area contributed by atoms with Gasteiger partial charge in [0, 0.05) is 24.1 Å². The first-order chi connectivity index (χ1) is 10.3. The number of nitrogens with one attached hydrogen (secondary N) is 2. The van der Waals surface area contributed by atoms with Crippen molar-refractivity contribution < 1.29 is 9.59 Å². The fraction of sp³-hybridized carbons (Fsp3) is 0.556. The van der Waals surface area contributed by atoms with Crippen molar-refractivity contribution in [2.45, 2.75) is 53.4 Å². The van der Waals surface area contributed by atoms with Gasteiger partial charge in [0.25, 0.3) is 0 Å². The minimum atomic E-state index is -0.339. The van der Waals surface area contributed by atoms with Crippen molar-refractivity contribution >= 4 is 17.5 Å². The number of amides is 2. The number of carbonyl (C=O) groups excluding carboxylic acids is 2. The highest BCUT2D eigenvalue weighted by atomic mass is 16.2. The van der Waals surface area contributed by atoms with E-state index in [2.05, 4.69) is 10.6 Å². The maximum absolute atomic E-state index is 11.8. The molecule has 122 valence electrons. The zero-order chi connectivity index (χ0) is 16.6. The first kappa shape index (κ1) is 18.2. The highest BCUT2D eigenvalue weighted by molar-refractivity contribution is 5.90. The topological polar surface area (TPSA) is 58.2 Å². The summed E-state index contributed by atoms with van der Waals surface area (Å²) >= 11 is 0. The molecule has 1 aromatic rings. The third-order valence-electron chi connectivity index (χ3n) is 3.38. The van der Waals surface area contributed by atoms with Gasteiger partial charge in [0.05, 0.1) is 0 Å². The van der Waals surface area contributed by atoms with E-state index in [1.807, 2.05) is 52.0 Å². The molecule has 1 rings (SSSR count). The van der Waals surface area contributed by atoms with Crippen molar-refractivity contribution in [2.24, 2.45) is 5.41 Å². The molecule has 0 radical (unpaired) electrons. The standard InChI is InChI=1S/C18H28N2O2/c1-14-9-11-15(12-10-14)20-16(21)8-6-5-7-13-19-17(22)18(2,3)4/h9-12H,5-8,13H2,1-4H3,(H,19,22)(H,20,21). The molecule has 1 aromatic carbocycles. The molecule has 0 unspecified atom stereocenters. The molecular weight excluding hydrogens is 276 g/mol. The Balaban J connectivity index is 2.11. The van der Waals surface area contributed by atoms with Crippen LogP contribution in [0.1, 0.15) is 52.0 Å². The summed E-state index contributed by atoms with van der Waals surface area (Å²) < 4.78 is 0. The molecule has 0 atom stereocenters. The van der Waals surface area contributed by atoms with Crippen molar-refractivity contribution in [3.63, 3.8) is 0 Å². The molecule has 22 heavy (non-hydrogen) atoms. The van der Waals surface area contributed by atoms with Crippen molar-refractivity contribution in [1.29, 1.82) is 0 Å². The van der Waals surface area contributed by atoms with Crippen molar-refractivity contribution in [1.82, 2.24) is 5.32 Å². The summed E-state index contributed by atoms with van der Waals surface area (Å²) in [6.07, 6.45) is 3.19. The lowest BCUT2D eigenvalue weighted by Gasteiger charge is -2.17. The zero-order valence-corrected chi connectivity index (χ0v) is 14.2. The molecule has 0 fully saturated rings. The smallest absolute Gasteiger partial charge is 0.225 e. The molecule has 4 heteroatoms. The highest BCUT2D eigenvalue weighted by Gasteiger charge is 2.20. The second-order valence-electron chi connectivity index (χ2n) is 6.73. The molecule has 0 bridgehead atoms. The number of anilines is 1. The van der Waals surface area contributed by atoms with Crippen LogP contribution in [0.4, 0.5) is 5.69 Å². The Morgan fingerprint density at radius 3 is 2.23 bits per heavy atom. The van der Waals surface area contributed by atoms with E-state index in [1.165, 1.54) is 5.56 Å².